The van der Waals surface area contributed by atoms with E-state index < -0.39 is 40.4 Å². The molecule has 5 N–H and O–H groups in total. The van der Waals surface area contributed by atoms with Crippen molar-refractivity contribution in [3.8, 4) is 0 Å². The molecule has 0 radical (unpaired) electrons. The average Bonchev–Trinajstić information content (AvgIpc) is 3.63. The summed E-state index contributed by atoms with van der Waals surface area (Å²) < 4.78 is 5.20. The molecule has 220 valence electrons. The van der Waals surface area contributed by atoms with Crippen molar-refractivity contribution in [3.63, 3.8) is 0 Å². The number of β-lactam (4-membered cyclic amide) rings is 1. The minimum atomic E-state index is -1.79. The van der Waals surface area contributed by atoms with Crippen LogP contribution in [0, 0.1) is 0 Å². The number of hydrogen-bond donors (Lipinski definition) is 4. The summed E-state index contributed by atoms with van der Waals surface area (Å²) in [4.78, 5) is 61.2. The first kappa shape index (κ1) is 29.2. The third-order valence-corrected chi connectivity index (χ3v) is 8.78. The molecule has 2 aromatic heterocycles. The monoisotopic (exact) mass is 634 g/mol. The van der Waals surface area contributed by atoms with Crippen LogP contribution in [-0.2, 0) is 30.6 Å². The third kappa shape index (κ3) is 5.34. The summed E-state index contributed by atoms with van der Waals surface area (Å²) in [6, 6.07) is 0. The molecule has 4 heterocycles. The second-order valence-electron chi connectivity index (χ2n) is 9.18. The number of nitrogens with one attached hydrogen (secondary N) is 1. The number of oxime groups is 1. The highest BCUT2D eigenvalue weighted by atomic mass is 32.2. The molecule has 2 amide bonds. The summed E-state index contributed by atoms with van der Waals surface area (Å²) in [5.74, 6) is -4.34. The lowest BCUT2D eigenvalue weighted by Gasteiger charge is -2.55. The molecule has 5 rings (SSSR count). The summed E-state index contributed by atoms with van der Waals surface area (Å²) in [6.07, 6.45) is 5.55. The van der Waals surface area contributed by atoms with Crippen LogP contribution in [-0.4, -0.2) is 102 Å². The fraction of sp³-hybridized carbons (Fsp3) is 0.409. The molecule has 2 aromatic rings. The van der Waals surface area contributed by atoms with Gasteiger partial charge in [-0.25, -0.2) is 9.48 Å². The summed E-state index contributed by atoms with van der Waals surface area (Å²) in [7, 11) is 0. The van der Waals surface area contributed by atoms with Crippen LogP contribution in [0.1, 0.15) is 37.3 Å². The van der Waals surface area contributed by atoms with Gasteiger partial charge in [0.15, 0.2) is 16.5 Å². The predicted molar refractivity (Wildman–Crippen MR) is 151 cm³/mol. The van der Waals surface area contributed by atoms with E-state index in [-0.39, 0.29) is 52.9 Å². The summed E-state index contributed by atoms with van der Waals surface area (Å²) >= 11 is 7.14. The molecular weight excluding hydrogens is 613 g/mol. The number of thiocarbonyl (C=S) groups is 1. The van der Waals surface area contributed by atoms with E-state index in [1.807, 2.05) is 12.2 Å². The molecule has 20 heteroatoms. The lowest BCUT2D eigenvalue weighted by Crippen LogP contribution is -2.80. The number of aromatic nitrogens is 6. The maximum atomic E-state index is 13.6. The first-order valence-electron chi connectivity index (χ1n) is 12.3. The number of carboxylic acids is 2. The number of anilines is 1. The number of carboxylic acid groups (broad SMARTS) is 2. The zero-order chi connectivity index (χ0) is 30.0. The second-order valence-corrected chi connectivity index (χ2v) is 11.3. The molecule has 1 aliphatic carbocycles. The smallest absolute Gasteiger partial charge is 0.353 e. The van der Waals surface area contributed by atoms with Crippen molar-refractivity contribution < 1.29 is 34.2 Å². The number of aliphatic carboxylic acids is 2. The van der Waals surface area contributed by atoms with Crippen LogP contribution in [0.25, 0.3) is 5.57 Å². The van der Waals surface area contributed by atoms with E-state index in [1.54, 1.807) is 0 Å². The number of nitrogen functional groups attached to an aromatic ring is 1. The average molecular weight is 635 g/mol. The standard InChI is InChI=1S/C22H22N10O7S3/c23-21-24-15(28-42-21)13(27-39-10-4-2-1-3-5-10)17(35)25-22(9-40)19(38)32-14(18(36)37)11(8-41-20(22)32)16-26-29-30-31(16)7-6-12(33)34/h2,4,9-10,20H,1,3,5-8H2,(H,25,35)(H,33,34)(H,36,37)(H2,23,24,28)/t10?,20-,22?/m0/s1. The third-order valence-electron chi connectivity index (χ3n) is 6.52. The number of carbonyl (C=O) groups is 4. The fourth-order valence-electron chi connectivity index (χ4n) is 4.53. The van der Waals surface area contributed by atoms with Crippen molar-refractivity contribution in [2.45, 2.75) is 49.2 Å². The molecule has 0 saturated carbocycles. The number of tetrazole rings is 1. The van der Waals surface area contributed by atoms with Crippen LogP contribution < -0.4 is 11.1 Å². The van der Waals surface area contributed by atoms with Crippen LogP contribution in [0.3, 0.4) is 0 Å². The van der Waals surface area contributed by atoms with Crippen LogP contribution in [0.15, 0.2) is 23.0 Å². The van der Waals surface area contributed by atoms with Gasteiger partial charge in [0, 0.05) is 28.2 Å². The number of allylic oxidation sites excluding steroid dienone is 1. The largest absolute Gasteiger partial charge is 0.481 e. The molecule has 2 aliphatic heterocycles. The quantitative estimate of drug-likeness (QED) is 0.0814. The Morgan fingerprint density at radius 3 is 2.81 bits per heavy atom. The first-order chi connectivity index (χ1) is 20.2. The number of fused-ring (bicyclic) bond motifs is 1. The Morgan fingerprint density at radius 2 is 2.17 bits per heavy atom. The minimum Gasteiger partial charge on any atom is -0.481 e. The topological polar surface area (TPSA) is 241 Å². The van der Waals surface area contributed by atoms with Gasteiger partial charge < -0.3 is 26.1 Å². The number of thioether (sulfide) groups is 1. The number of carbonyl (C=O) groups excluding carboxylic acids is 2. The van der Waals surface area contributed by atoms with Crippen molar-refractivity contribution >= 4 is 81.0 Å². The zero-order valence-corrected chi connectivity index (χ0v) is 23.9. The normalized spacial score (nSPS) is 23.7. The van der Waals surface area contributed by atoms with Gasteiger partial charge in [-0.05, 0) is 35.8 Å². The van der Waals surface area contributed by atoms with Gasteiger partial charge in [0.25, 0.3) is 11.8 Å². The number of amides is 2. The Hall–Kier alpha value is -4.30. The van der Waals surface area contributed by atoms with Crippen LogP contribution in [0.4, 0.5) is 5.13 Å². The summed E-state index contributed by atoms with van der Waals surface area (Å²) in [6.45, 7) is -0.119. The number of nitrogens with two attached hydrogens (primary N) is 1. The maximum absolute atomic E-state index is 13.6. The van der Waals surface area contributed by atoms with Crippen LogP contribution in [0.5, 0.6) is 0 Å². The van der Waals surface area contributed by atoms with Crippen molar-refractivity contribution in [2.24, 2.45) is 5.16 Å². The fourth-order valence-corrected chi connectivity index (χ4v) is 6.77. The van der Waals surface area contributed by atoms with E-state index in [2.05, 4.69) is 35.4 Å². The molecule has 17 nitrogen and oxygen atoms in total. The molecular formula is C22H22N10O7S3. The molecule has 0 aromatic carbocycles. The van der Waals surface area contributed by atoms with E-state index in [0.717, 1.165) is 51.1 Å². The van der Waals surface area contributed by atoms with E-state index in [4.69, 9.17) is 27.9 Å². The highest BCUT2D eigenvalue weighted by Crippen LogP contribution is 2.47. The Balaban J connectivity index is 1.43. The molecule has 2 unspecified atom stereocenters. The number of aryl methyl sites for hydroxylation is 1. The SMILES string of the molecule is Nc1nc(C(=NOC2C=CCCC2)C(=O)NC2(C=S)C(=O)N3C(C(=O)O)=C(c4nnnn4CCC(=O)O)CS[C@H]32)ns1. The van der Waals surface area contributed by atoms with Gasteiger partial charge in [0.2, 0.25) is 11.5 Å². The van der Waals surface area contributed by atoms with Crippen molar-refractivity contribution in [3.05, 3.63) is 29.5 Å². The van der Waals surface area contributed by atoms with Crippen molar-refractivity contribution in [1.82, 2.24) is 39.8 Å². The van der Waals surface area contributed by atoms with E-state index in [0.29, 0.717) is 6.42 Å². The molecule has 3 atom stereocenters. The van der Waals surface area contributed by atoms with Crippen molar-refractivity contribution in [2.75, 3.05) is 11.5 Å². The number of rotatable bonds is 11. The Morgan fingerprint density at radius 1 is 1.36 bits per heavy atom. The molecule has 0 spiro atoms. The highest BCUT2D eigenvalue weighted by Gasteiger charge is 2.65. The van der Waals surface area contributed by atoms with Crippen LogP contribution >= 0.6 is 35.5 Å². The van der Waals surface area contributed by atoms with Gasteiger partial charge in [-0.15, -0.1) is 16.9 Å². The molecule has 42 heavy (non-hydrogen) atoms. The highest BCUT2D eigenvalue weighted by molar-refractivity contribution is 8.00. The summed E-state index contributed by atoms with van der Waals surface area (Å²) in [5.41, 5.74) is 3.29. The zero-order valence-electron chi connectivity index (χ0n) is 21.4. The van der Waals surface area contributed by atoms with Gasteiger partial charge in [0.05, 0.1) is 13.0 Å². The Kier molecular flexibility index (Phi) is 8.27. The molecule has 1 saturated heterocycles. The molecule has 3 aliphatic rings. The number of hydrogen-bond acceptors (Lipinski definition) is 15. The van der Waals surface area contributed by atoms with Crippen molar-refractivity contribution in [1.29, 1.82) is 0 Å². The second kappa shape index (κ2) is 11.9. The number of nitrogens with zero attached hydrogens (tertiary/aromatic N) is 8. The van der Waals surface area contributed by atoms with Gasteiger partial charge in [0.1, 0.15) is 17.2 Å². The molecule has 1 fully saturated rings. The molecule has 0 bridgehead atoms. The van der Waals surface area contributed by atoms with Gasteiger partial charge in [-0.3, -0.25) is 19.3 Å². The maximum Gasteiger partial charge on any atom is 0.353 e. The van der Waals surface area contributed by atoms with E-state index in [1.165, 1.54) is 0 Å². The van der Waals surface area contributed by atoms with Gasteiger partial charge in [-0.1, -0.05) is 23.4 Å². The lowest BCUT2D eigenvalue weighted by atomic mass is 9.87. The lowest BCUT2D eigenvalue weighted by molar-refractivity contribution is -0.153. The Labute approximate surface area is 250 Å². The minimum absolute atomic E-state index is 0.00631. The van der Waals surface area contributed by atoms with E-state index in [9.17, 15) is 24.3 Å². The van der Waals surface area contributed by atoms with Gasteiger partial charge >= 0.3 is 11.9 Å². The Bertz CT molecular complexity index is 1550. The predicted octanol–water partition coefficient (Wildman–Crippen LogP) is -0.323. The van der Waals surface area contributed by atoms with E-state index >= 15 is 0 Å². The van der Waals surface area contributed by atoms with Gasteiger partial charge in [-0.2, -0.15) is 9.36 Å². The van der Waals surface area contributed by atoms with Crippen LogP contribution in [0.2, 0.25) is 0 Å². The first-order valence-corrected chi connectivity index (χ1v) is 14.6. The summed E-state index contributed by atoms with van der Waals surface area (Å²) in [5, 5.41) is 37.0.